The van der Waals surface area contributed by atoms with E-state index in [1.807, 2.05) is 24.3 Å². The highest BCUT2D eigenvalue weighted by Crippen LogP contribution is 2.64. The Morgan fingerprint density at radius 3 is 1.45 bits per heavy atom. The van der Waals surface area contributed by atoms with Crippen LogP contribution in [0, 0.1) is 5.82 Å². The van der Waals surface area contributed by atoms with Gasteiger partial charge in [0.25, 0.3) is 0 Å². The van der Waals surface area contributed by atoms with Crippen molar-refractivity contribution < 1.29 is 17.6 Å². The molecule has 0 saturated carbocycles. The Hall–Kier alpha value is -8.34. The Morgan fingerprint density at radius 2 is 0.870 bits per heavy atom. The molecule has 0 fully saturated rings. The molecule has 11 aromatic carbocycles. The van der Waals surface area contributed by atoms with Crippen LogP contribution < -0.4 is 5.22 Å². The van der Waals surface area contributed by atoms with Gasteiger partial charge in [0.15, 0.2) is 0 Å². The van der Waals surface area contributed by atoms with Crippen molar-refractivity contribution in [2.24, 2.45) is 0 Å². The first-order chi connectivity index (χ1) is 33.8. The minimum absolute atomic E-state index is 0.0310. The topological polar surface area (TPSA) is 0 Å². The maximum Gasteiger partial charge on any atom is 0.416 e. The summed E-state index contributed by atoms with van der Waals surface area (Å²) in [6.45, 7) is 0. The molecule has 0 aromatic heterocycles. The monoisotopic (exact) mass is 892 g/mol. The van der Waals surface area contributed by atoms with Crippen LogP contribution >= 0.6 is 0 Å². The lowest BCUT2D eigenvalue weighted by atomic mass is 9.72. The molecule has 11 aromatic rings. The molecular formula is C65H36F4. The molecule has 69 heavy (non-hydrogen) atoms. The molecule has 4 heteroatoms. The second-order valence-corrected chi connectivity index (χ2v) is 18.9. The zero-order valence-electron chi connectivity index (χ0n) is 36.8. The third-order valence-corrected chi connectivity index (χ3v) is 15.6. The maximum absolute atomic E-state index is 14.6. The lowest BCUT2D eigenvalue weighted by molar-refractivity contribution is -0.137. The summed E-state index contributed by atoms with van der Waals surface area (Å²) in [5.74, 6) is -0.180. The average Bonchev–Trinajstić information content (AvgIpc) is 3.90. The summed E-state index contributed by atoms with van der Waals surface area (Å²) in [5, 5.41) is 10.3. The third kappa shape index (κ3) is 5.18. The van der Waals surface area contributed by atoms with Gasteiger partial charge in [-0.15, -0.1) is 0 Å². The van der Waals surface area contributed by atoms with Gasteiger partial charge >= 0.3 is 6.18 Å². The normalized spacial score (nSPS) is 16.0. The van der Waals surface area contributed by atoms with E-state index in [0.29, 0.717) is 0 Å². The van der Waals surface area contributed by atoms with E-state index in [2.05, 4.69) is 146 Å². The van der Waals surface area contributed by atoms with E-state index in [1.165, 1.54) is 77.7 Å². The second-order valence-electron chi connectivity index (χ2n) is 18.9. The molecule has 15 rings (SSSR count). The molecule has 324 valence electrons. The van der Waals surface area contributed by atoms with E-state index in [-0.39, 0.29) is 17.7 Å². The summed E-state index contributed by atoms with van der Waals surface area (Å²) in [5.41, 5.74) is 18.5. The highest BCUT2D eigenvalue weighted by molar-refractivity contribution is 6.32. The van der Waals surface area contributed by atoms with Gasteiger partial charge in [-0.1, -0.05) is 182 Å². The van der Waals surface area contributed by atoms with Crippen molar-refractivity contribution in [2.75, 3.05) is 0 Å². The first-order valence-electron chi connectivity index (χ1n) is 23.5. The van der Waals surface area contributed by atoms with Crippen molar-refractivity contribution in [3.8, 4) is 66.8 Å². The fourth-order valence-corrected chi connectivity index (χ4v) is 13.0. The van der Waals surface area contributed by atoms with Gasteiger partial charge in [-0.3, -0.25) is 0 Å². The molecule has 2 atom stereocenters. The number of rotatable bonds is 4. The summed E-state index contributed by atoms with van der Waals surface area (Å²) in [4.78, 5) is 0. The SMILES string of the molecule is Fc1ccc(-c2c3c(c(-c4ccccc4)c4ccccc24)C2=CC=c4c5c(c6ccc7c8c(ccc4c68)-c4c-7c(-c6ccc(C(F)(F)F)cc6)c6ccccc6c4-c4ccccc4)C=CC3C25)cc1. The highest BCUT2D eigenvalue weighted by atomic mass is 19.4. The van der Waals surface area contributed by atoms with Crippen molar-refractivity contribution in [1.29, 1.82) is 0 Å². The quantitative estimate of drug-likeness (QED) is 0.154. The van der Waals surface area contributed by atoms with Crippen molar-refractivity contribution in [2.45, 2.75) is 18.0 Å². The first-order valence-corrected chi connectivity index (χ1v) is 23.5. The minimum Gasteiger partial charge on any atom is -0.207 e. The van der Waals surface area contributed by atoms with Crippen LogP contribution in [0.3, 0.4) is 0 Å². The predicted octanol–water partition coefficient (Wildman–Crippen LogP) is 17.6. The van der Waals surface area contributed by atoms with Gasteiger partial charge < -0.3 is 0 Å². The lowest BCUT2D eigenvalue weighted by Gasteiger charge is -2.30. The molecule has 0 saturated heterocycles. The molecule has 0 aliphatic heterocycles. The zero-order chi connectivity index (χ0) is 45.9. The van der Waals surface area contributed by atoms with Crippen molar-refractivity contribution in [1.82, 2.24) is 0 Å². The van der Waals surface area contributed by atoms with Crippen LogP contribution in [0.4, 0.5) is 17.6 Å². The Labute approximate surface area is 394 Å². The molecule has 4 aliphatic rings. The van der Waals surface area contributed by atoms with Gasteiger partial charge in [-0.25, -0.2) is 4.39 Å². The average molecular weight is 893 g/mol. The van der Waals surface area contributed by atoms with Crippen LogP contribution in [0.1, 0.15) is 39.7 Å². The van der Waals surface area contributed by atoms with Crippen LogP contribution in [-0.4, -0.2) is 0 Å². The summed E-state index contributed by atoms with van der Waals surface area (Å²) in [6.07, 6.45) is 5.06. The molecule has 2 unspecified atom stereocenters. The van der Waals surface area contributed by atoms with E-state index in [1.54, 1.807) is 24.3 Å². The molecule has 4 aliphatic carbocycles. The van der Waals surface area contributed by atoms with E-state index < -0.39 is 11.7 Å². The summed E-state index contributed by atoms with van der Waals surface area (Å²) in [6, 6.07) is 60.1. The zero-order valence-corrected chi connectivity index (χ0v) is 36.8. The number of allylic oxidation sites excluding steroid dienone is 3. The summed E-state index contributed by atoms with van der Waals surface area (Å²) in [7, 11) is 0. The number of benzene rings is 11. The van der Waals surface area contributed by atoms with Gasteiger partial charge in [-0.2, -0.15) is 13.2 Å². The van der Waals surface area contributed by atoms with Crippen molar-refractivity contribution in [3.63, 3.8) is 0 Å². The van der Waals surface area contributed by atoms with Crippen LogP contribution in [0.15, 0.2) is 194 Å². The second kappa shape index (κ2) is 13.9. The van der Waals surface area contributed by atoms with E-state index in [0.717, 1.165) is 77.4 Å². The van der Waals surface area contributed by atoms with Crippen LogP contribution in [0.5, 0.6) is 0 Å². The fourth-order valence-electron chi connectivity index (χ4n) is 13.0. The molecule has 0 spiro atoms. The van der Waals surface area contributed by atoms with Crippen molar-refractivity contribution in [3.05, 3.63) is 233 Å². The number of halogens is 4. The molecular weight excluding hydrogens is 857 g/mol. The number of alkyl halides is 3. The highest BCUT2D eigenvalue weighted by Gasteiger charge is 2.45. The lowest BCUT2D eigenvalue weighted by Crippen LogP contribution is -2.23. The largest absolute Gasteiger partial charge is 0.416 e. The smallest absolute Gasteiger partial charge is 0.207 e. The standard InChI is InChI=1S/C65H36F4/c66-40-25-21-38(22-26-40)56-44-18-10-8-16-42(44)54(36-13-5-2-6-14-36)62-50-32-28-46-45-27-31-49-59-51(33-29-47(57(45)59)48-30-34-52(64(56)62)60(50)58(46)48)63-55(37-19-23-39(24-20-37)65(67,68)69)43-17-9-7-15-41(43)53(61(49)63)35-11-3-1-4-12-35/h1-34,52,60H. The molecule has 0 amide bonds. The molecule has 0 N–H and O–H groups in total. The van der Waals surface area contributed by atoms with Crippen molar-refractivity contribution >= 4 is 60.8 Å². The van der Waals surface area contributed by atoms with Crippen LogP contribution in [-0.2, 0) is 6.18 Å². The van der Waals surface area contributed by atoms with E-state index >= 15 is 0 Å². The molecule has 0 heterocycles. The van der Waals surface area contributed by atoms with Gasteiger partial charge in [-0.05, 0) is 167 Å². The minimum atomic E-state index is -4.45. The van der Waals surface area contributed by atoms with E-state index in [9.17, 15) is 17.6 Å². The number of fused-ring (bicyclic) bond motifs is 10. The Kier molecular flexibility index (Phi) is 7.79. The number of hydrogen-bond acceptors (Lipinski definition) is 0. The van der Waals surface area contributed by atoms with Gasteiger partial charge in [0.1, 0.15) is 5.82 Å². The van der Waals surface area contributed by atoms with Crippen LogP contribution in [0.2, 0.25) is 0 Å². The third-order valence-electron chi connectivity index (χ3n) is 15.6. The number of hydrogen-bond donors (Lipinski definition) is 0. The Morgan fingerprint density at radius 1 is 0.377 bits per heavy atom. The predicted molar refractivity (Wildman–Crippen MR) is 276 cm³/mol. The first kappa shape index (κ1) is 38.7. The molecule has 0 nitrogen and oxygen atoms in total. The van der Waals surface area contributed by atoms with Gasteiger partial charge in [0, 0.05) is 11.8 Å². The van der Waals surface area contributed by atoms with Gasteiger partial charge in [0.2, 0.25) is 0 Å². The van der Waals surface area contributed by atoms with Crippen LogP contribution in [0.25, 0.3) is 128 Å². The Balaban J connectivity index is 1.03. The van der Waals surface area contributed by atoms with Gasteiger partial charge in [0.05, 0.1) is 5.56 Å². The van der Waals surface area contributed by atoms with E-state index in [4.69, 9.17) is 0 Å². The molecule has 0 radical (unpaired) electrons. The maximum atomic E-state index is 14.6. The molecule has 0 bridgehead atoms. The summed E-state index contributed by atoms with van der Waals surface area (Å²) >= 11 is 0. The Bertz CT molecular complexity index is 4200. The fraction of sp³-hybridized carbons (Fsp3) is 0.0462. The summed E-state index contributed by atoms with van der Waals surface area (Å²) < 4.78 is 56.7.